The van der Waals surface area contributed by atoms with Gasteiger partial charge in [-0.1, -0.05) is 28.6 Å². The number of carbonyl (C=O) groups excluding carboxylic acids is 1. The first-order valence-corrected chi connectivity index (χ1v) is 8.61. The molecule has 2 heterocycles. The van der Waals surface area contributed by atoms with Crippen molar-refractivity contribution >= 4 is 32.6 Å². The normalized spacial score (nSPS) is 11.3. The number of nitrogens with zero attached hydrogens (tertiary/aromatic N) is 4. The minimum atomic E-state index is -0.206. The molecule has 0 aliphatic rings. The largest absolute Gasteiger partial charge is 0.351 e. The van der Waals surface area contributed by atoms with Crippen molar-refractivity contribution in [1.82, 2.24) is 15.0 Å². The van der Waals surface area contributed by atoms with Gasteiger partial charge in [0, 0.05) is 12.6 Å². The maximum absolute atomic E-state index is 12.8. The van der Waals surface area contributed by atoms with E-state index in [2.05, 4.69) is 15.0 Å². The zero-order valence-corrected chi connectivity index (χ0v) is 14.8. The van der Waals surface area contributed by atoms with E-state index >= 15 is 0 Å². The summed E-state index contributed by atoms with van der Waals surface area (Å²) in [5.41, 5.74) is 2.05. The molecule has 1 amide bonds. The number of thiazole rings is 1. The van der Waals surface area contributed by atoms with Crippen LogP contribution in [0.2, 0.25) is 0 Å². The van der Waals surface area contributed by atoms with Crippen molar-refractivity contribution in [3.05, 3.63) is 41.8 Å². The van der Waals surface area contributed by atoms with Crippen molar-refractivity contribution < 1.29 is 9.32 Å². The van der Waals surface area contributed by atoms with Gasteiger partial charge in [0.1, 0.15) is 0 Å². The van der Waals surface area contributed by atoms with E-state index in [1.165, 1.54) is 17.5 Å². The van der Waals surface area contributed by atoms with Crippen molar-refractivity contribution in [3.63, 3.8) is 0 Å². The Labute approximate surface area is 144 Å². The number of para-hydroxylation sites is 1. The molecule has 1 aromatic carbocycles. The Kier molecular flexibility index (Phi) is 4.92. The van der Waals surface area contributed by atoms with Crippen LogP contribution in [0.3, 0.4) is 0 Å². The molecule has 0 radical (unpaired) electrons. The van der Waals surface area contributed by atoms with Gasteiger partial charge >= 0.3 is 0 Å². The summed E-state index contributed by atoms with van der Waals surface area (Å²) in [6.45, 7) is 3.50. The highest BCUT2D eigenvalue weighted by Crippen LogP contribution is 2.31. The van der Waals surface area contributed by atoms with E-state index in [0.29, 0.717) is 11.7 Å². The van der Waals surface area contributed by atoms with Crippen molar-refractivity contribution in [2.75, 3.05) is 32.1 Å². The Balaban J connectivity index is 1.92. The minimum absolute atomic E-state index is 0.206. The maximum atomic E-state index is 12.8. The molecule has 6 nitrogen and oxygen atoms in total. The van der Waals surface area contributed by atoms with Gasteiger partial charge in [-0.15, -0.1) is 0 Å². The van der Waals surface area contributed by atoms with Gasteiger partial charge in [0.05, 0.1) is 16.4 Å². The van der Waals surface area contributed by atoms with Gasteiger partial charge in [-0.25, -0.2) is 4.98 Å². The summed E-state index contributed by atoms with van der Waals surface area (Å²) in [6.07, 6.45) is 2.33. The van der Waals surface area contributed by atoms with E-state index in [1.54, 1.807) is 11.0 Å². The summed E-state index contributed by atoms with van der Waals surface area (Å²) in [5.74, 6) is 0.0267. The zero-order valence-electron chi connectivity index (χ0n) is 14.0. The van der Waals surface area contributed by atoms with E-state index in [1.807, 2.05) is 39.2 Å². The van der Waals surface area contributed by atoms with E-state index in [9.17, 15) is 4.79 Å². The summed E-state index contributed by atoms with van der Waals surface area (Å²) in [4.78, 5) is 21.3. The number of hydrogen-bond donors (Lipinski definition) is 0. The van der Waals surface area contributed by atoms with Crippen molar-refractivity contribution in [1.29, 1.82) is 0 Å². The van der Waals surface area contributed by atoms with Crippen LogP contribution in [0.1, 0.15) is 22.5 Å². The highest BCUT2D eigenvalue weighted by molar-refractivity contribution is 7.22. The lowest BCUT2D eigenvalue weighted by molar-refractivity contribution is 0.0950. The van der Waals surface area contributed by atoms with Crippen LogP contribution in [-0.4, -0.2) is 48.1 Å². The molecule has 0 unspecified atom stereocenters. The predicted molar refractivity (Wildman–Crippen MR) is 95.7 cm³/mol. The molecule has 0 bridgehead atoms. The van der Waals surface area contributed by atoms with Gasteiger partial charge in [0.2, 0.25) is 5.76 Å². The molecule has 0 fully saturated rings. The molecule has 0 spiro atoms. The lowest BCUT2D eigenvalue weighted by Gasteiger charge is -2.19. The van der Waals surface area contributed by atoms with E-state index in [4.69, 9.17) is 4.52 Å². The van der Waals surface area contributed by atoms with Crippen LogP contribution in [0.5, 0.6) is 0 Å². The van der Waals surface area contributed by atoms with Crippen LogP contribution >= 0.6 is 11.3 Å². The summed E-state index contributed by atoms with van der Waals surface area (Å²) in [6, 6.07) is 7.65. The third kappa shape index (κ3) is 3.47. The Morgan fingerprint density at radius 1 is 1.25 bits per heavy atom. The van der Waals surface area contributed by atoms with Gasteiger partial charge in [-0.3, -0.25) is 9.69 Å². The second-order valence-corrected chi connectivity index (χ2v) is 6.92. The van der Waals surface area contributed by atoms with Gasteiger partial charge in [0.15, 0.2) is 5.13 Å². The van der Waals surface area contributed by atoms with Gasteiger partial charge < -0.3 is 9.42 Å². The topological polar surface area (TPSA) is 62.5 Å². The van der Waals surface area contributed by atoms with Crippen molar-refractivity contribution in [2.45, 2.75) is 13.3 Å². The number of benzene rings is 1. The number of anilines is 1. The first-order chi connectivity index (χ1) is 11.6. The molecule has 126 valence electrons. The maximum Gasteiger partial charge on any atom is 0.298 e. The Hall–Kier alpha value is -2.25. The number of rotatable bonds is 6. The number of hydrogen-bond acceptors (Lipinski definition) is 6. The van der Waals surface area contributed by atoms with Crippen LogP contribution in [0.25, 0.3) is 10.2 Å². The molecule has 3 rings (SSSR count). The highest BCUT2D eigenvalue weighted by Gasteiger charge is 2.23. The Morgan fingerprint density at radius 2 is 2.08 bits per heavy atom. The smallest absolute Gasteiger partial charge is 0.298 e. The molecule has 2 aromatic heterocycles. The third-order valence-electron chi connectivity index (χ3n) is 3.72. The van der Waals surface area contributed by atoms with Crippen LogP contribution < -0.4 is 4.90 Å². The summed E-state index contributed by atoms with van der Waals surface area (Å²) in [7, 11) is 4.04. The van der Waals surface area contributed by atoms with Crippen LogP contribution in [0, 0.1) is 6.92 Å². The highest BCUT2D eigenvalue weighted by atomic mass is 32.1. The second kappa shape index (κ2) is 7.11. The lowest BCUT2D eigenvalue weighted by atomic mass is 10.2. The van der Waals surface area contributed by atoms with Gasteiger partial charge in [-0.05, 0) is 45.6 Å². The molecule has 7 heteroatoms. The SMILES string of the molecule is Cc1cccc2sc(N(CCCN(C)C)C(=O)c3ccno3)nc12. The first-order valence-electron chi connectivity index (χ1n) is 7.79. The Morgan fingerprint density at radius 3 is 2.75 bits per heavy atom. The summed E-state index contributed by atoms with van der Waals surface area (Å²) >= 11 is 1.52. The fourth-order valence-electron chi connectivity index (χ4n) is 2.48. The monoisotopic (exact) mass is 344 g/mol. The number of aromatic nitrogens is 2. The van der Waals surface area contributed by atoms with E-state index in [-0.39, 0.29) is 11.7 Å². The molecule has 0 N–H and O–H groups in total. The van der Waals surface area contributed by atoms with Crippen molar-refractivity contribution in [2.24, 2.45) is 0 Å². The molecule has 0 saturated heterocycles. The molecule has 0 atom stereocenters. The molecular formula is C17H20N4O2S. The summed E-state index contributed by atoms with van der Waals surface area (Å²) in [5, 5.41) is 4.33. The molecule has 24 heavy (non-hydrogen) atoms. The zero-order chi connectivity index (χ0) is 17.1. The predicted octanol–water partition coefficient (Wildman–Crippen LogP) is 3.19. The van der Waals surface area contributed by atoms with Crippen LogP contribution in [0.15, 0.2) is 35.0 Å². The number of aryl methyl sites for hydroxylation is 1. The third-order valence-corrected chi connectivity index (χ3v) is 4.76. The first kappa shape index (κ1) is 16.6. The average molecular weight is 344 g/mol. The molecule has 0 aliphatic carbocycles. The number of amides is 1. The second-order valence-electron chi connectivity index (χ2n) is 5.91. The average Bonchev–Trinajstić information content (AvgIpc) is 3.20. The molecule has 0 aliphatic heterocycles. The molecular weight excluding hydrogens is 324 g/mol. The summed E-state index contributed by atoms with van der Waals surface area (Å²) < 4.78 is 6.13. The fourth-order valence-corrected chi connectivity index (χ4v) is 3.55. The molecule has 0 saturated carbocycles. The van der Waals surface area contributed by atoms with E-state index < -0.39 is 0 Å². The van der Waals surface area contributed by atoms with Crippen LogP contribution in [-0.2, 0) is 0 Å². The molecule has 3 aromatic rings. The van der Waals surface area contributed by atoms with Crippen molar-refractivity contribution in [3.8, 4) is 0 Å². The van der Waals surface area contributed by atoms with E-state index in [0.717, 1.165) is 28.7 Å². The number of fused-ring (bicyclic) bond motifs is 1. The Bertz CT molecular complexity index is 826. The fraction of sp³-hybridized carbons (Fsp3) is 0.353. The lowest BCUT2D eigenvalue weighted by Crippen LogP contribution is -2.33. The number of carbonyl (C=O) groups is 1. The quantitative estimate of drug-likeness (QED) is 0.687. The van der Waals surface area contributed by atoms with Gasteiger partial charge in [0.25, 0.3) is 5.91 Å². The van der Waals surface area contributed by atoms with Crippen LogP contribution in [0.4, 0.5) is 5.13 Å². The standard InChI is InChI=1S/C17H20N4O2S/c1-12-6-4-7-14-15(12)19-17(24-14)21(11-5-10-20(2)3)16(22)13-8-9-18-23-13/h4,6-9H,5,10-11H2,1-3H3. The minimum Gasteiger partial charge on any atom is -0.351 e. The van der Waals surface area contributed by atoms with Gasteiger partial charge in [-0.2, -0.15) is 0 Å².